The van der Waals surface area contributed by atoms with Gasteiger partial charge in [-0.1, -0.05) is 47.8 Å². The van der Waals surface area contributed by atoms with Gasteiger partial charge in [-0.15, -0.1) is 0 Å². The van der Waals surface area contributed by atoms with E-state index < -0.39 is 14.3 Å². The fourth-order valence-corrected chi connectivity index (χ4v) is 3.35. The van der Waals surface area contributed by atoms with E-state index in [1.54, 1.807) is 0 Å². The number of hydrogen-bond donors (Lipinski definition) is 1. The molecular weight excluding hydrogens is 368 g/mol. The maximum absolute atomic E-state index is 10.5. The summed E-state index contributed by atoms with van der Waals surface area (Å²) in [4.78, 5) is -0.281. The summed E-state index contributed by atoms with van der Waals surface area (Å²) >= 11 is 9.14. The van der Waals surface area contributed by atoms with Gasteiger partial charge in [-0.3, -0.25) is 4.55 Å². The van der Waals surface area contributed by atoms with Crippen molar-refractivity contribution >= 4 is 57.9 Å². The van der Waals surface area contributed by atoms with E-state index in [0.717, 1.165) is 0 Å². The van der Waals surface area contributed by atoms with Gasteiger partial charge in [0.05, 0.1) is 0 Å². The van der Waals surface area contributed by atoms with Gasteiger partial charge in [0.1, 0.15) is 0 Å². The molecule has 0 aliphatic carbocycles. The Bertz CT molecular complexity index is 203. The molecule has 3 nitrogen and oxygen atoms in total. The van der Waals surface area contributed by atoms with Gasteiger partial charge < -0.3 is 0 Å². The van der Waals surface area contributed by atoms with Crippen LogP contribution < -0.4 is 0 Å². The quantitative estimate of drug-likeness (QED) is 0.606. The molecule has 68 valence electrons. The van der Waals surface area contributed by atoms with E-state index in [1.165, 1.54) is 0 Å². The number of alkyl halides is 3. The average Bonchev–Trinajstić information content (AvgIpc) is 1.85. The Morgan fingerprint density at radius 1 is 1.36 bits per heavy atom. The van der Waals surface area contributed by atoms with E-state index in [9.17, 15) is 8.42 Å². The van der Waals surface area contributed by atoms with Crippen molar-refractivity contribution in [2.45, 2.75) is 15.4 Å². The van der Waals surface area contributed by atoms with Crippen LogP contribution >= 0.6 is 47.8 Å². The average molecular weight is 375 g/mol. The van der Waals surface area contributed by atoms with E-state index >= 15 is 0 Å². The minimum absolute atomic E-state index is 0.281. The van der Waals surface area contributed by atoms with Crippen LogP contribution in [0.25, 0.3) is 0 Å². The fraction of sp³-hybridized carbons (Fsp3) is 1.00. The molecule has 0 fully saturated rings. The molecule has 2 atom stereocenters. The van der Waals surface area contributed by atoms with Crippen molar-refractivity contribution in [1.82, 2.24) is 0 Å². The third-order valence-electron chi connectivity index (χ3n) is 0.954. The van der Waals surface area contributed by atoms with E-state index in [-0.39, 0.29) is 4.83 Å². The van der Waals surface area contributed by atoms with Gasteiger partial charge in [0.15, 0.2) is 4.16 Å². The van der Waals surface area contributed by atoms with Crippen molar-refractivity contribution in [2.24, 2.45) is 0 Å². The summed E-state index contributed by atoms with van der Waals surface area (Å²) in [6.45, 7) is 0. The Morgan fingerprint density at radius 2 is 1.82 bits per heavy atom. The lowest BCUT2D eigenvalue weighted by Gasteiger charge is -2.11. The zero-order valence-corrected chi connectivity index (χ0v) is 10.9. The molecule has 0 spiro atoms. The van der Waals surface area contributed by atoms with Crippen LogP contribution in [0.3, 0.4) is 0 Å². The van der Waals surface area contributed by atoms with Crippen LogP contribution in [0, 0.1) is 0 Å². The first-order valence-corrected chi connectivity index (χ1v) is 7.15. The Kier molecular flexibility index (Phi) is 5.79. The lowest BCUT2D eigenvalue weighted by atomic mass is 10.4. The van der Waals surface area contributed by atoms with Gasteiger partial charge >= 0.3 is 0 Å². The number of hydrogen-bond acceptors (Lipinski definition) is 2. The predicted molar refractivity (Wildman–Crippen MR) is 55.4 cm³/mol. The molecule has 7 heteroatoms. The molecule has 0 amide bonds. The molecule has 0 rings (SSSR count). The second-order valence-corrected chi connectivity index (χ2v) is 6.96. The van der Waals surface area contributed by atoms with Crippen LogP contribution in [-0.4, -0.2) is 27.3 Å². The van der Waals surface area contributed by atoms with Crippen LogP contribution in [0.4, 0.5) is 0 Å². The van der Waals surface area contributed by atoms with Gasteiger partial charge in [0.25, 0.3) is 10.1 Å². The largest absolute Gasteiger partial charge is 0.285 e. The molecule has 0 aromatic carbocycles. The zero-order valence-electron chi connectivity index (χ0n) is 5.37. The van der Waals surface area contributed by atoms with Gasteiger partial charge in [0.2, 0.25) is 0 Å². The summed E-state index contributed by atoms with van der Waals surface area (Å²) < 4.78 is 28.6. The first-order chi connectivity index (χ1) is 4.89. The monoisotopic (exact) mass is 372 g/mol. The molecule has 0 aromatic rings. The molecule has 0 saturated heterocycles. The molecule has 1 N–H and O–H groups in total. The Balaban J connectivity index is 4.14. The standard InChI is InChI=1S/C4H7Br3O3S/c5-2-1-3(6)4(7)11(8,9)10/h3-4H,1-2H2,(H,8,9,10). The van der Waals surface area contributed by atoms with Gasteiger partial charge in [0, 0.05) is 10.2 Å². The van der Waals surface area contributed by atoms with Gasteiger partial charge in [-0.25, -0.2) is 0 Å². The van der Waals surface area contributed by atoms with Crippen molar-refractivity contribution in [3.05, 3.63) is 0 Å². The van der Waals surface area contributed by atoms with Crippen molar-refractivity contribution in [2.75, 3.05) is 5.33 Å². The summed E-state index contributed by atoms with van der Waals surface area (Å²) in [5.74, 6) is 0. The van der Waals surface area contributed by atoms with Crippen LogP contribution in [0.5, 0.6) is 0 Å². The third kappa shape index (κ3) is 4.82. The highest BCUT2D eigenvalue weighted by Crippen LogP contribution is 2.22. The zero-order chi connectivity index (χ0) is 9.07. The molecule has 11 heavy (non-hydrogen) atoms. The fourth-order valence-electron chi connectivity index (χ4n) is 0.422. The van der Waals surface area contributed by atoms with E-state index in [0.29, 0.717) is 11.8 Å². The highest BCUT2D eigenvalue weighted by atomic mass is 79.9. The van der Waals surface area contributed by atoms with Gasteiger partial charge in [-0.2, -0.15) is 8.42 Å². The molecule has 2 unspecified atom stereocenters. The van der Waals surface area contributed by atoms with E-state index in [2.05, 4.69) is 47.8 Å². The summed E-state index contributed by atoms with van der Waals surface area (Å²) in [7, 11) is -3.98. The summed E-state index contributed by atoms with van der Waals surface area (Å²) in [5.41, 5.74) is 0. The molecule has 0 heterocycles. The molecule has 0 aliphatic heterocycles. The van der Waals surface area contributed by atoms with Crippen molar-refractivity contribution in [1.29, 1.82) is 0 Å². The molecule has 0 aliphatic rings. The lowest BCUT2D eigenvalue weighted by Crippen LogP contribution is -2.24. The highest BCUT2D eigenvalue weighted by molar-refractivity contribution is 9.13. The van der Waals surface area contributed by atoms with E-state index in [1.807, 2.05) is 0 Å². The molecule has 0 aromatic heterocycles. The second kappa shape index (κ2) is 5.16. The lowest BCUT2D eigenvalue weighted by molar-refractivity contribution is 0.479. The minimum Gasteiger partial charge on any atom is -0.285 e. The summed E-state index contributed by atoms with van der Waals surface area (Å²) in [5, 5.41) is 0.681. The number of halogens is 3. The minimum atomic E-state index is -3.98. The summed E-state index contributed by atoms with van der Waals surface area (Å²) in [6.07, 6.45) is 0.621. The van der Waals surface area contributed by atoms with Crippen LogP contribution in [-0.2, 0) is 10.1 Å². The van der Waals surface area contributed by atoms with Crippen molar-refractivity contribution in [3.63, 3.8) is 0 Å². The Morgan fingerprint density at radius 3 is 2.09 bits per heavy atom. The normalized spacial score (nSPS) is 17.8. The second-order valence-electron chi connectivity index (χ2n) is 1.86. The van der Waals surface area contributed by atoms with Crippen LogP contribution in [0.2, 0.25) is 0 Å². The predicted octanol–water partition coefficient (Wildman–Crippen LogP) is 2.14. The van der Waals surface area contributed by atoms with Crippen molar-refractivity contribution in [3.8, 4) is 0 Å². The maximum Gasteiger partial charge on any atom is 0.279 e. The highest BCUT2D eigenvalue weighted by Gasteiger charge is 2.26. The molecular formula is C4H7Br3O3S. The summed E-state index contributed by atoms with van der Waals surface area (Å²) in [6, 6.07) is 0. The first kappa shape index (κ1) is 12.3. The third-order valence-corrected chi connectivity index (χ3v) is 6.41. The molecule has 0 radical (unpaired) electrons. The molecule has 0 saturated carbocycles. The molecule has 0 bridgehead atoms. The van der Waals surface area contributed by atoms with Gasteiger partial charge in [-0.05, 0) is 6.42 Å². The van der Waals surface area contributed by atoms with Crippen LogP contribution in [0.15, 0.2) is 0 Å². The van der Waals surface area contributed by atoms with Crippen LogP contribution in [0.1, 0.15) is 6.42 Å². The SMILES string of the molecule is O=S(=O)(O)C(Br)C(Br)CCBr. The first-order valence-electron chi connectivity index (χ1n) is 2.70. The Labute approximate surface area is 91.1 Å². The Hall–Kier alpha value is 1.35. The smallest absolute Gasteiger partial charge is 0.279 e. The maximum atomic E-state index is 10.5. The van der Waals surface area contributed by atoms with Crippen molar-refractivity contribution < 1.29 is 13.0 Å². The van der Waals surface area contributed by atoms with E-state index in [4.69, 9.17) is 4.55 Å². The number of rotatable bonds is 4. The topological polar surface area (TPSA) is 54.4 Å².